The van der Waals surface area contributed by atoms with Crippen LogP contribution in [0.4, 0.5) is 0 Å². The van der Waals surface area contributed by atoms with Crippen molar-refractivity contribution in [2.45, 2.75) is 19.5 Å². The van der Waals surface area contributed by atoms with Crippen LogP contribution in [0.15, 0.2) is 72.8 Å². The highest BCUT2D eigenvalue weighted by atomic mass is 15.1. The molecule has 120 valence electrons. The van der Waals surface area contributed by atoms with Gasteiger partial charge in [-0.25, -0.2) is 0 Å². The van der Waals surface area contributed by atoms with Crippen molar-refractivity contribution in [2.75, 3.05) is 7.05 Å². The average Bonchev–Trinajstić information content (AvgIpc) is 3.02. The predicted molar refractivity (Wildman–Crippen MR) is 102 cm³/mol. The van der Waals surface area contributed by atoms with Crippen molar-refractivity contribution in [3.8, 4) is 0 Å². The summed E-state index contributed by atoms with van der Waals surface area (Å²) >= 11 is 0. The number of benzene rings is 3. The van der Waals surface area contributed by atoms with Crippen molar-refractivity contribution in [1.82, 2.24) is 9.88 Å². The number of nitrogens with zero attached hydrogens (tertiary/aromatic N) is 1. The van der Waals surface area contributed by atoms with Gasteiger partial charge in [0.2, 0.25) is 0 Å². The number of para-hydroxylation sites is 1. The van der Waals surface area contributed by atoms with Crippen LogP contribution < -0.4 is 0 Å². The molecular formula is C22H22N2. The van der Waals surface area contributed by atoms with Crippen LogP contribution >= 0.6 is 0 Å². The molecule has 0 spiro atoms. The summed E-state index contributed by atoms with van der Waals surface area (Å²) in [5, 5.41) is 3.93. The number of fused-ring (bicyclic) bond motifs is 2. The third-order valence-electron chi connectivity index (χ3n) is 4.94. The second-order valence-electron chi connectivity index (χ2n) is 6.54. The Bertz CT molecular complexity index is 945. The van der Waals surface area contributed by atoms with Crippen molar-refractivity contribution in [1.29, 1.82) is 0 Å². The predicted octanol–water partition coefficient (Wildman–Crippen LogP) is 5.51. The summed E-state index contributed by atoms with van der Waals surface area (Å²) in [5.74, 6) is 0. The van der Waals surface area contributed by atoms with Gasteiger partial charge < -0.3 is 4.98 Å². The van der Waals surface area contributed by atoms with Gasteiger partial charge in [0.15, 0.2) is 0 Å². The monoisotopic (exact) mass is 314 g/mol. The molecule has 0 bridgehead atoms. The highest BCUT2D eigenvalue weighted by molar-refractivity contribution is 5.86. The molecule has 0 fully saturated rings. The maximum Gasteiger partial charge on any atom is 0.0456 e. The van der Waals surface area contributed by atoms with Crippen LogP contribution in [0, 0.1) is 0 Å². The summed E-state index contributed by atoms with van der Waals surface area (Å²) in [6.07, 6.45) is 0. The number of H-pyrrole nitrogens is 1. The second-order valence-corrected chi connectivity index (χ2v) is 6.54. The molecule has 1 atom stereocenters. The van der Waals surface area contributed by atoms with Crippen molar-refractivity contribution >= 4 is 21.7 Å². The van der Waals surface area contributed by atoms with Gasteiger partial charge in [-0.3, -0.25) is 4.90 Å². The smallest absolute Gasteiger partial charge is 0.0456 e. The first kappa shape index (κ1) is 15.0. The number of aromatic nitrogens is 1. The van der Waals surface area contributed by atoms with E-state index in [-0.39, 0.29) is 0 Å². The first-order valence-electron chi connectivity index (χ1n) is 8.47. The summed E-state index contributed by atoms with van der Waals surface area (Å²) in [7, 11) is 2.19. The van der Waals surface area contributed by atoms with Gasteiger partial charge in [-0.15, -0.1) is 0 Å². The van der Waals surface area contributed by atoms with Gasteiger partial charge in [-0.2, -0.15) is 0 Å². The number of rotatable bonds is 4. The Morgan fingerprint density at radius 1 is 0.875 bits per heavy atom. The van der Waals surface area contributed by atoms with E-state index in [4.69, 9.17) is 0 Å². The molecule has 0 saturated carbocycles. The molecule has 0 aliphatic rings. The Morgan fingerprint density at radius 3 is 2.42 bits per heavy atom. The Labute approximate surface area is 142 Å². The SMILES string of the molecule is C[C@H](c1cccc2ccccc12)N(C)Cc1cc2ccccc2[nH]1. The molecule has 2 heteroatoms. The first-order chi connectivity index (χ1) is 11.7. The normalized spacial score (nSPS) is 13.0. The lowest BCUT2D eigenvalue weighted by atomic mass is 9.99. The zero-order valence-electron chi connectivity index (χ0n) is 14.2. The standard InChI is InChI=1S/C22H22N2/c1-16(20-12-7-10-17-8-3-5-11-21(17)20)24(2)15-19-14-18-9-4-6-13-22(18)23-19/h3-14,16,23H,15H2,1-2H3/t16-/m1/s1. The highest BCUT2D eigenvalue weighted by Gasteiger charge is 2.15. The molecular weight excluding hydrogens is 292 g/mol. The summed E-state index contributed by atoms with van der Waals surface area (Å²) < 4.78 is 0. The lowest BCUT2D eigenvalue weighted by molar-refractivity contribution is 0.252. The largest absolute Gasteiger partial charge is 0.357 e. The Balaban J connectivity index is 1.62. The number of aromatic amines is 1. The summed E-state index contributed by atoms with van der Waals surface area (Å²) in [6, 6.07) is 26.3. The fourth-order valence-corrected chi connectivity index (χ4v) is 3.48. The lowest BCUT2D eigenvalue weighted by Crippen LogP contribution is -2.22. The molecule has 0 aliphatic carbocycles. The van der Waals surface area contributed by atoms with E-state index in [0.29, 0.717) is 6.04 Å². The van der Waals surface area contributed by atoms with Gasteiger partial charge in [0, 0.05) is 23.8 Å². The van der Waals surface area contributed by atoms with Crippen LogP contribution in [0.5, 0.6) is 0 Å². The van der Waals surface area contributed by atoms with Crippen molar-refractivity contribution < 1.29 is 0 Å². The van der Waals surface area contributed by atoms with Gasteiger partial charge >= 0.3 is 0 Å². The van der Waals surface area contributed by atoms with Gasteiger partial charge in [-0.1, -0.05) is 60.7 Å². The fourth-order valence-electron chi connectivity index (χ4n) is 3.48. The van der Waals surface area contributed by atoms with Gasteiger partial charge in [0.1, 0.15) is 0 Å². The Kier molecular flexibility index (Phi) is 3.83. The zero-order valence-corrected chi connectivity index (χ0v) is 14.2. The summed E-state index contributed by atoms with van der Waals surface area (Å²) in [5.41, 5.74) is 3.84. The quantitative estimate of drug-likeness (QED) is 0.526. The minimum atomic E-state index is 0.350. The molecule has 4 aromatic rings. The van der Waals surface area contributed by atoms with Crippen LogP contribution in [-0.4, -0.2) is 16.9 Å². The molecule has 1 aromatic heterocycles. The molecule has 0 aliphatic heterocycles. The third-order valence-corrected chi connectivity index (χ3v) is 4.94. The van der Waals surface area contributed by atoms with E-state index < -0.39 is 0 Å². The van der Waals surface area contributed by atoms with E-state index >= 15 is 0 Å². The van der Waals surface area contributed by atoms with Crippen LogP contribution in [0.1, 0.15) is 24.2 Å². The van der Waals surface area contributed by atoms with Crippen LogP contribution in [0.3, 0.4) is 0 Å². The van der Waals surface area contributed by atoms with E-state index in [1.165, 1.54) is 32.9 Å². The van der Waals surface area contributed by atoms with Crippen molar-refractivity contribution in [3.63, 3.8) is 0 Å². The molecule has 0 unspecified atom stereocenters. The molecule has 1 N–H and O–H groups in total. The maximum atomic E-state index is 3.53. The van der Waals surface area contributed by atoms with Gasteiger partial charge in [-0.05, 0) is 47.8 Å². The lowest BCUT2D eigenvalue weighted by Gasteiger charge is -2.25. The van der Waals surface area contributed by atoms with Crippen LogP contribution in [0.2, 0.25) is 0 Å². The number of hydrogen-bond donors (Lipinski definition) is 1. The topological polar surface area (TPSA) is 19.0 Å². The molecule has 4 rings (SSSR count). The van der Waals surface area contributed by atoms with Gasteiger partial charge in [0.25, 0.3) is 0 Å². The molecule has 24 heavy (non-hydrogen) atoms. The molecule has 0 radical (unpaired) electrons. The van der Waals surface area contributed by atoms with Crippen LogP contribution in [0.25, 0.3) is 21.7 Å². The number of nitrogens with one attached hydrogen (secondary N) is 1. The average molecular weight is 314 g/mol. The minimum Gasteiger partial charge on any atom is -0.357 e. The van der Waals surface area contributed by atoms with Crippen LogP contribution in [-0.2, 0) is 6.54 Å². The fraction of sp³-hybridized carbons (Fsp3) is 0.182. The Hall–Kier alpha value is -2.58. The molecule has 2 nitrogen and oxygen atoms in total. The molecule has 1 heterocycles. The summed E-state index contributed by atoms with van der Waals surface area (Å²) in [4.78, 5) is 5.92. The molecule has 3 aromatic carbocycles. The zero-order chi connectivity index (χ0) is 16.5. The van der Waals surface area contributed by atoms with Crippen molar-refractivity contribution in [3.05, 3.63) is 84.1 Å². The van der Waals surface area contributed by atoms with E-state index in [1.807, 2.05) is 0 Å². The molecule has 0 amide bonds. The van der Waals surface area contributed by atoms with Crippen molar-refractivity contribution in [2.24, 2.45) is 0 Å². The van der Waals surface area contributed by atoms with E-state index in [2.05, 4.69) is 96.7 Å². The minimum absolute atomic E-state index is 0.350. The highest BCUT2D eigenvalue weighted by Crippen LogP contribution is 2.28. The third kappa shape index (κ3) is 2.70. The summed E-state index contributed by atoms with van der Waals surface area (Å²) in [6.45, 7) is 3.18. The second kappa shape index (κ2) is 6.14. The Morgan fingerprint density at radius 2 is 1.58 bits per heavy atom. The van der Waals surface area contributed by atoms with E-state index in [0.717, 1.165) is 6.54 Å². The maximum absolute atomic E-state index is 3.53. The van der Waals surface area contributed by atoms with E-state index in [1.54, 1.807) is 0 Å². The molecule has 0 saturated heterocycles. The number of hydrogen-bond acceptors (Lipinski definition) is 1. The van der Waals surface area contributed by atoms with E-state index in [9.17, 15) is 0 Å². The van der Waals surface area contributed by atoms with Gasteiger partial charge in [0.05, 0.1) is 0 Å². The first-order valence-corrected chi connectivity index (χ1v) is 8.47.